The highest BCUT2D eigenvalue weighted by atomic mass is 16.1. The predicted molar refractivity (Wildman–Crippen MR) is 38.6 cm³/mol. The second-order valence-corrected chi connectivity index (χ2v) is 1.86. The first-order valence-corrected chi connectivity index (χ1v) is 2.77. The molecule has 0 aromatic heterocycles. The van der Waals surface area contributed by atoms with Gasteiger partial charge in [0.1, 0.15) is 6.34 Å². The van der Waals surface area contributed by atoms with Crippen molar-refractivity contribution in [3.8, 4) is 0 Å². The second kappa shape index (κ2) is 1.70. The Kier molecular flexibility index (Phi) is 0.887. The molecular weight excluding hydrogens is 130 g/mol. The molecule has 1 amide bonds. The van der Waals surface area contributed by atoms with Crippen LogP contribution in [0.15, 0.2) is 26.6 Å². The van der Waals surface area contributed by atoms with Gasteiger partial charge >= 0.3 is 1.43 Å². The van der Waals surface area contributed by atoms with Crippen molar-refractivity contribution in [2.45, 2.75) is 0 Å². The van der Waals surface area contributed by atoms with Gasteiger partial charge in [-0.15, -0.1) is 0 Å². The van der Waals surface area contributed by atoms with Crippen LogP contribution in [0.3, 0.4) is 0 Å². The van der Waals surface area contributed by atoms with Crippen molar-refractivity contribution in [1.82, 2.24) is 0 Å². The van der Waals surface area contributed by atoms with Crippen LogP contribution in [0.4, 0.5) is 0 Å². The first-order valence-electron chi connectivity index (χ1n) is 2.77. The molecule has 4 nitrogen and oxygen atoms in total. The van der Waals surface area contributed by atoms with E-state index in [1.54, 1.807) is 12.3 Å². The van der Waals surface area contributed by atoms with Gasteiger partial charge in [0.25, 0.3) is 5.91 Å². The molecule has 0 atom stereocenters. The summed E-state index contributed by atoms with van der Waals surface area (Å²) < 4.78 is 0. The van der Waals surface area contributed by atoms with E-state index in [1.807, 2.05) is 0 Å². The maximum absolute atomic E-state index is 10.8. The van der Waals surface area contributed by atoms with Crippen molar-refractivity contribution >= 4 is 24.3 Å². The van der Waals surface area contributed by atoms with Crippen LogP contribution < -0.4 is 0 Å². The Morgan fingerprint density at radius 2 is 2.30 bits per heavy atom. The number of carbonyl (C=O) groups is 1. The summed E-state index contributed by atoms with van der Waals surface area (Å²) in [5, 5.41) is 0. The van der Waals surface area contributed by atoms with E-state index < -0.39 is 0 Å². The third-order valence-corrected chi connectivity index (χ3v) is 1.26. The van der Waals surface area contributed by atoms with Crippen LogP contribution in [-0.4, -0.2) is 24.3 Å². The Labute approximate surface area is 58.2 Å². The third-order valence-electron chi connectivity index (χ3n) is 1.26. The summed E-state index contributed by atoms with van der Waals surface area (Å²) in [5.74, 6) is 0.211. The maximum atomic E-state index is 10.8. The van der Waals surface area contributed by atoms with Crippen LogP contribution >= 0.6 is 0 Å². The van der Waals surface area contributed by atoms with Crippen LogP contribution in [0, 0.1) is 0 Å². The fourth-order valence-corrected chi connectivity index (χ4v) is 0.802. The number of fused-ring (bicyclic) bond motifs is 1. The standard InChI is InChI=1S/C6H3N3O/c10-6-4-1-2-7-5(4)8-3-9-6/h1-3H/p+1. The Hall–Kier alpha value is -1.58. The largest absolute Gasteiger partial charge is 1.00 e. The average Bonchev–Trinajstić information content (AvgIpc) is 2.36. The summed E-state index contributed by atoms with van der Waals surface area (Å²) in [6.45, 7) is 0. The number of carbonyl (C=O) groups excluding carboxylic acids is 1. The van der Waals surface area contributed by atoms with E-state index in [0.717, 1.165) is 0 Å². The van der Waals surface area contributed by atoms with Gasteiger partial charge in [-0.05, 0) is 6.08 Å². The molecule has 0 bridgehead atoms. The first kappa shape index (κ1) is 5.22. The minimum atomic E-state index is -0.262. The summed E-state index contributed by atoms with van der Waals surface area (Å²) in [5.41, 5.74) is 0.488. The summed E-state index contributed by atoms with van der Waals surface area (Å²) in [7, 11) is 0. The molecule has 0 fully saturated rings. The van der Waals surface area contributed by atoms with Crippen molar-refractivity contribution in [2.24, 2.45) is 15.0 Å². The van der Waals surface area contributed by atoms with Gasteiger partial charge in [0.05, 0.1) is 5.57 Å². The van der Waals surface area contributed by atoms with Gasteiger partial charge in [-0.2, -0.15) is 4.99 Å². The zero-order chi connectivity index (χ0) is 6.97. The molecule has 0 N–H and O–H groups in total. The van der Waals surface area contributed by atoms with Gasteiger partial charge in [0.15, 0.2) is 5.84 Å². The molecular formula is C6H4N3O+. The number of nitrogens with zero attached hydrogens (tertiary/aromatic N) is 3. The van der Waals surface area contributed by atoms with Gasteiger partial charge in [-0.3, -0.25) is 4.79 Å². The van der Waals surface area contributed by atoms with Crippen molar-refractivity contribution in [1.29, 1.82) is 0 Å². The Balaban J connectivity index is 0.000000605. The normalized spacial score (nSPS) is 20.6. The number of allylic oxidation sites excluding steroid dienone is 1. The maximum Gasteiger partial charge on any atom is 1.00 e. The monoisotopic (exact) mass is 134 g/mol. The van der Waals surface area contributed by atoms with Crippen LogP contribution in [-0.2, 0) is 4.79 Å². The molecule has 0 spiro atoms. The molecule has 10 heavy (non-hydrogen) atoms. The van der Waals surface area contributed by atoms with Crippen molar-refractivity contribution in [3.05, 3.63) is 11.6 Å². The quantitative estimate of drug-likeness (QED) is 0.462. The molecule has 0 aromatic rings. The van der Waals surface area contributed by atoms with Crippen molar-refractivity contribution in [3.63, 3.8) is 0 Å². The lowest BCUT2D eigenvalue weighted by Crippen LogP contribution is -2.10. The number of aliphatic imine (C=N–C) groups is 3. The van der Waals surface area contributed by atoms with Crippen LogP contribution in [0.5, 0.6) is 0 Å². The molecule has 2 rings (SSSR count). The lowest BCUT2D eigenvalue weighted by Gasteiger charge is -1.98. The molecule has 0 saturated carbocycles. The lowest BCUT2D eigenvalue weighted by atomic mass is 10.2. The highest BCUT2D eigenvalue weighted by molar-refractivity contribution is 6.31. The van der Waals surface area contributed by atoms with Gasteiger partial charge in [-0.1, -0.05) is 0 Å². The molecule has 48 valence electrons. The topological polar surface area (TPSA) is 54.1 Å². The molecule has 2 aliphatic rings. The van der Waals surface area contributed by atoms with Gasteiger partial charge in [0, 0.05) is 6.21 Å². The van der Waals surface area contributed by atoms with Crippen molar-refractivity contribution in [2.75, 3.05) is 0 Å². The van der Waals surface area contributed by atoms with Crippen LogP contribution in [0.1, 0.15) is 1.43 Å². The van der Waals surface area contributed by atoms with Gasteiger partial charge < -0.3 is 0 Å². The molecule has 0 saturated heterocycles. The lowest BCUT2D eigenvalue weighted by molar-refractivity contribution is -0.113. The van der Waals surface area contributed by atoms with E-state index in [9.17, 15) is 4.79 Å². The molecule has 0 aromatic carbocycles. The van der Waals surface area contributed by atoms with E-state index in [4.69, 9.17) is 0 Å². The third kappa shape index (κ3) is 0.556. The summed E-state index contributed by atoms with van der Waals surface area (Å²) in [6, 6.07) is 0. The Morgan fingerprint density at radius 3 is 3.10 bits per heavy atom. The molecule has 2 aliphatic heterocycles. The fraction of sp³-hybridized carbons (Fsp3) is 0. The fourth-order valence-electron chi connectivity index (χ4n) is 0.802. The molecule has 0 aliphatic carbocycles. The smallest absolute Gasteiger partial charge is 0.267 e. The van der Waals surface area contributed by atoms with Crippen molar-refractivity contribution < 1.29 is 6.22 Å². The predicted octanol–water partition coefficient (Wildman–Crippen LogP) is 0.0767. The zero-order valence-electron chi connectivity index (χ0n) is 5.98. The second-order valence-electron chi connectivity index (χ2n) is 1.86. The van der Waals surface area contributed by atoms with Gasteiger partial charge in [0.2, 0.25) is 0 Å². The zero-order valence-corrected chi connectivity index (χ0v) is 4.98. The average molecular weight is 134 g/mol. The first-order chi connectivity index (χ1) is 4.88. The van der Waals surface area contributed by atoms with Gasteiger partial charge in [-0.25, -0.2) is 9.98 Å². The molecule has 0 unspecified atom stereocenters. The summed E-state index contributed by atoms with van der Waals surface area (Å²) in [6.07, 6.45) is 4.37. The van der Waals surface area contributed by atoms with Crippen LogP contribution in [0.25, 0.3) is 0 Å². The number of hydrogen-bond acceptors (Lipinski definition) is 3. The van der Waals surface area contributed by atoms with Crippen LogP contribution in [0.2, 0.25) is 0 Å². The highest BCUT2D eigenvalue weighted by Crippen LogP contribution is 2.09. The molecule has 0 radical (unpaired) electrons. The number of rotatable bonds is 0. The van der Waals surface area contributed by atoms with E-state index in [0.29, 0.717) is 11.4 Å². The minimum Gasteiger partial charge on any atom is -0.267 e. The Bertz CT molecular complexity index is 308. The molecule has 2 heterocycles. The summed E-state index contributed by atoms with van der Waals surface area (Å²) >= 11 is 0. The number of hydrogen-bond donors (Lipinski definition) is 0. The SMILES string of the molecule is O=C1N=CN=C2N=CC=C12.[H+]. The van der Waals surface area contributed by atoms with E-state index >= 15 is 0 Å². The van der Waals surface area contributed by atoms with E-state index in [-0.39, 0.29) is 7.33 Å². The number of amidine groups is 1. The summed E-state index contributed by atoms with van der Waals surface area (Å²) in [4.78, 5) is 21.9. The molecule has 4 heteroatoms. The van der Waals surface area contributed by atoms with E-state index in [1.165, 1.54) is 6.34 Å². The Morgan fingerprint density at radius 1 is 1.40 bits per heavy atom. The highest BCUT2D eigenvalue weighted by Gasteiger charge is 2.19. The number of amides is 1. The minimum absolute atomic E-state index is 0. The van der Waals surface area contributed by atoms with E-state index in [2.05, 4.69) is 15.0 Å².